The summed E-state index contributed by atoms with van der Waals surface area (Å²) in [5, 5.41) is 9.78. The summed E-state index contributed by atoms with van der Waals surface area (Å²) in [5.74, 6) is -3.87. The third kappa shape index (κ3) is 4.08. The van der Waals surface area contributed by atoms with Crippen molar-refractivity contribution in [1.29, 1.82) is 0 Å². The van der Waals surface area contributed by atoms with Gasteiger partial charge in [-0.3, -0.25) is 9.59 Å². The Labute approximate surface area is 163 Å². The number of rotatable bonds is 3. The van der Waals surface area contributed by atoms with Crippen LogP contribution in [0.1, 0.15) is 39.0 Å². The molecule has 1 saturated carbocycles. The van der Waals surface area contributed by atoms with Gasteiger partial charge in [0.1, 0.15) is 0 Å². The largest absolute Gasteiger partial charge is 0.417 e. The van der Waals surface area contributed by atoms with E-state index in [1.165, 1.54) is 13.0 Å². The molecule has 3 rings (SSSR count). The standard InChI is InChI=1S/C19H21F6NO3/c1-10-12-2-3-14(27)13(8-18(20,21)22)15(12)26(16(10)28)9-11-4-6-17(29,7-5-11)19(23,24)25/h2-3,10-11,13,29H,4-9H2,1H3. The molecule has 10 heteroatoms. The van der Waals surface area contributed by atoms with Crippen LogP contribution in [-0.4, -0.2) is 46.2 Å². The predicted molar refractivity (Wildman–Crippen MR) is 89.2 cm³/mol. The van der Waals surface area contributed by atoms with Crippen molar-refractivity contribution in [3.05, 3.63) is 23.4 Å². The zero-order valence-corrected chi connectivity index (χ0v) is 15.6. The van der Waals surface area contributed by atoms with E-state index in [-0.39, 0.29) is 25.1 Å². The van der Waals surface area contributed by atoms with Gasteiger partial charge in [-0.15, -0.1) is 0 Å². The number of hydrogen-bond donors (Lipinski definition) is 1. The molecule has 4 nitrogen and oxygen atoms in total. The van der Waals surface area contributed by atoms with Crippen molar-refractivity contribution >= 4 is 11.7 Å². The quantitative estimate of drug-likeness (QED) is 0.698. The number of halogens is 6. The van der Waals surface area contributed by atoms with Crippen molar-refractivity contribution < 1.29 is 41.0 Å². The summed E-state index contributed by atoms with van der Waals surface area (Å²) in [7, 11) is 0. The Morgan fingerprint density at radius 2 is 1.69 bits per heavy atom. The Kier molecular flexibility index (Phi) is 5.38. The van der Waals surface area contributed by atoms with E-state index in [0.717, 1.165) is 11.0 Å². The van der Waals surface area contributed by atoms with Crippen molar-refractivity contribution in [1.82, 2.24) is 4.90 Å². The van der Waals surface area contributed by atoms with E-state index in [2.05, 4.69) is 0 Å². The van der Waals surface area contributed by atoms with Gasteiger partial charge >= 0.3 is 12.4 Å². The monoisotopic (exact) mass is 425 g/mol. The van der Waals surface area contributed by atoms with E-state index in [4.69, 9.17) is 0 Å². The molecular weight excluding hydrogens is 404 g/mol. The van der Waals surface area contributed by atoms with Crippen LogP contribution in [-0.2, 0) is 9.59 Å². The summed E-state index contributed by atoms with van der Waals surface area (Å²) in [5.41, 5.74) is -2.41. The van der Waals surface area contributed by atoms with Crippen molar-refractivity contribution in [3.63, 3.8) is 0 Å². The third-order valence-corrected chi connectivity index (χ3v) is 6.13. The van der Waals surface area contributed by atoms with Gasteiger partial charge < -0.3 is 10.0 Å². The molecule has 3 aliphatic rings. The summed E-state index contributed by atoms with van der Waals surface area (Å²) in [6.45, 7) is 1.47. The zero-order valence-electron chi connectivity index (χ0n) is 15.6. The number of nitrogens with zero attached hydrogens (tertiary/aromatic N) is 1. The van der Waals surface area contributed by atoms with Crippen molar-refractivity contribution in [3.8, 4) is 0 Å². The number of carbonyl (C=O) groups excluding carboxylic acids is 2. The summed E-state index contributed by atoms with van der Waals surface area (Å²) in [6.07, 6.45) is -9.48. The highest BCUT2D eigenvalue weighted by molar-refractivity contribution is 6.00. The lowest BCUT2D eigenvalue weighted by Crippen LogP contribution is -2.49. The Bertz CT molecular complexity index is 759. The van der Waals surface area contributed by atoms with E-state index >= 15 is 0 Å². The van der Waals surface area contributed by atoms with Gasteiger partial charge in [-0.1, -0.05) is 6.08 Å². The summed E-state index contributed by atoms with van der Waals surface area (Å²) in [6, 6.07) is 0. The molecule has 2 unspecified atom stereocenters. The van der Waals surface area contributed by atoms with Crippen LogP contribution in [0.4, 0.5) is 26.3 Å². The number of carbonyl (C=O) groups is 2. The highest BCUT2D eigenvalue weighted by atomic mass is 19.4. The second-order valence-corrected chi connectivity index (χ2v) is 8.09. The molecule has 1 N–H and O–H groups in total. The molecule has 0 aromatic rings. The van der Waals surface area contributed by atoms with E-state index in [1.54, 1.807) is 0 Å². The fourth-order valence-corrected chi connectivity index (χ4v) is 4.40. The summed E-state index contributed by atoms with van der Waals surface area (Å²) < 4.78 is 77.9. The van der Waals surface area contributed by atoms with Gasteiger partial charge in [0.2, 0.25) is 5.91 Å². The molecule has 1 fully saturated rings. The van der Waals surface area contributed by atoms with E-state index in [9.17, 15) is 41.0 Å². The van der Waals surface area contributed by atoms with Gasteiger partial charge in [-0.2, -0.15) is 26.3 Å². The molecule has 1 amide bonds. The molecule has 1 heterocycles. The maximum absolute atomic E-state index is 13.0. The Morgan fingerprint density at radius 1 is 1.10 bits per heavy atom. The van der Waals surface area contributed by atoms with Crippen molar-refractivity contribution in [2.24, 2.45) is 17.8 Å². The van der Waals surface area contributed by atoms with Crippen LogP contribution in [0.25, 0.3) is 0 Å². The Balaban J connectivity index is 1.80. The van der Waals surface area contributed by atoms with Crippen LogP contribution in [0.5, 0.6) is 0 Å². The smallest absolute Gasteiger partial charge is 0.380 e. The first kappa shape index (κ1) is 21.9. The first-order valence-electron chi connectivity index (χ1n) is 9.37. The van der Waals surface area contributed by atoms with E-state index < -0.39 is 66.7 Å². The lowest BCUT2D eigenvalue weighted by molar-refractivity contribution is -0.272. The Morgan fingerprint density at radius 3 is 2.21 bits per heavy atom. The number of hydrogen-bond acceptors (Lipinski definition) is 3. The zero-order chi connectivity index (χ0) is 21.8. The minimum absolute atomic E-state index is 0.0176. The average molecular weight is 425 g/mol. The molecule has 29 heavy (non-hydrogen) atoms. The lowest BCUT2D eigenvalue weighted by atomic mass is 9.78. The lowest BCUT2D eigenvalue weighted by Gasteiger charge is -2.39. The number of allylic oxidation sites excluding steroid dienone is 3. The number of amides is 1. The van der Waals surface area contributed by atoms with E-state index in [1.807, 2.05) is 0 Å². The van der Waals surface area contributed by atoms with Crippen LogP contribution in [0.2, 0.25) is 0 Å². The Hall–Kier alpha value is -1.84. The molecular formula is C19H21F6NO3. The topological polar surface area (TPSA) is 57.6 Å². The molecule has 0 saturated heterocycles. The maximum Gasteiger partial charge on any atom is 0.417 e. The SMILES string of the molecule is CC1C(=O)N(CC2CCC(O)(C(F)(F)F)CC2)C2=C1C=CC(=O)C2CC(F)(F)F. The highest BCUT2D eigenvalue weighted by Gasteiger charge is 2.55. The molecule has 0 spiro atoms. The number of aliphatic hydroxyl groups is 1. The second-order valence-electron chi connectivity index (χ2n) is 8.09. The van der Waals surface area contributed by atoms with Crippen LogP contribution in [0.15, 0.2) is 23.4 Å². The normalized spacial score (nSPS) is 33.5. The number of alkyl halides is 6. The molecule has 0 radical (unpaired) electrons. The number of ketones is 1. The van der Waals surface area contributed by atoms with Crippen molar-refractivity contribution in [2.75, 3.05) is 6.54 Å². The van der Waals surface area contributed by atoms with Crippen molar-refractivity contribution in [2.45, 2.75) is 57.0 Å². The molecule has 0 aromatic heterocycles. The predicted octanol–water partition coefficient (Wildman–Crippen LogP) is 3.91. The van der Waals surface area contributed by atoms with Crippen LogP contribution in [0.3, 0.4) is 0 Å². The van der Waals surface area contributed by atoms with E-state index in [0.29, 0.717) is 5.57 Å². The minimum atomic E-state index is -4.76. The fraction of sp³-hybridized carbons (Fsp3) is 0.684. The highest BCUT2D eigenvalue weighted by Crippen LogP contribution is 2.46. The fourth-order valence-electron chi connectivity index (χ4n) is 4.40. The van der Waals surface area contributed by atoms with Gasteiger partial charge in [0.25, 0.3) is 0 Å². The first-order valence-corrected chi connectivity index (χ1v) is 9.37. The molecule has 1 aliphatic heterocycles. The van der Waals surface area contributed by atoms with Gasteiger partial charge in [-0.05, 0) is 50.2 Å². The molecule has 0 bridgehead atoms. The first-order chi connectivity index (χ1) is 13.2. The van der Waals surface area contributed by atoms with Gasteiger partial charge in [0, 0.05) is 12.2 Å². The maximum atomic E-state index is 13.0. The minimum Gasteiger partial charge on any atom is -0.380 e. The van der Waals surface area contributed by atoms with Crippen LogP contribution >= 0.6 is 0 Å². The van der Waals surface area contributed by atoms with Gasteiger partial charge in [0.05, 0.1) is 18.3 Å². The molecule has 0 aromatic carbocycles. The van der Waals surface area contributed by atoms with Crippen LogP contribution < -0.4 is 0 Å². The average Bonchev–Trinajstić information content (AvgIpc) is 2.82. The molecule has 2 atom stereocenters. The van der Waals surface area contributed by atoms with Crippen LogP contribution in [0, 0.1) is 17.8 Å². The third-order valence-electron chi connectivity index (χ3n) is 6.13. The van der Waals surface area contributed by atoms with Gasteiger partial charge in [-0.25, -0.2) is 0 Å². The van der Waals surface area contributed by atoms with Gasteiger partial charge in [0.15, 0.2) is 11.4 Å². The summed E-state index contributed by atoms with van der Waals surface area (Å²) in [4.78, 5) is 26.0. The summed E-state index contributed by atoms with van der Waals surface area (Å²) >= 11 is 0. The second kappa shape index (κ2) is 7.14. The molecule has 2 aliphatic carbocycles. The molecule has 162 valence electrons.